The van der Waals surface area contributed by atoms with E-state index >= 15 is 0 Å². The van der Waals surface area contributed by atoms with E-state index in [1.165, 1.54) is 0 Å². The summed E-state index contributed by atoms with van der Waals surface area (Å²) >= 11 is 1.67. The highest BCUT2D eigenvalue weighted by molar-refractivity contribution is 7.99. The Labute approximate surface area is 117 Å². The van der Waals surface area contributed by atoms with Crippen LogP contribution in [-0.4, -0.2) is 29.5 Å². The number of carbonyl (C=O) groups is 1. The van der Waals surface area contributed by atoms with Gasteiger partial charge in [-0.05, 0) is 24.6 Å². The van der Waals surface area contributed by atoms with E-state index < -0.39 is 5.97 Å². The SMILES string of the molecule is CC(CCC(=O)O)Sc1ccc2c(c1)OCCCO2. The summed E-state index contributed by atoms with van der Waals surface area (Å²) in [5.74, 6) is 0.832. The second-order valence-corrected chi connectivity index (χ2v) is 6.03. The Morgan fingerprint density at radius 1 is 1.37 bits per heavy atom. The third-order valence-electron chi connectivity index (χ3n) is 2.82. The molecule has 0 saturated carbocycles. The van der Waals surface area contributed by atoms with Crippen LogP contribution in [0.1, 0.15) is 26.2 Å². The van der Waals surface area contributed by atoms with Gasteiger partial charge in [-0.15, -0.1) is 11.8 Å². The maximum absolute atomic E-state index is 10.5. The number of aliphatic carboxylic acids is 1. The molecule has 104 valence electrons. The van der Waals surface area contributed by atoms with E-state index in [-0.39, 0.29) is 11.7 Å². The van der Waals surface area contributed by atoms with Crippen molar-refractivity contribution in [2.45, 2.75) is 36.3 Å². The highest BCUT2D eigenvalue weighted by Crippen LogP contribution is 2.35. The van der Waals surface area contributed by atoms with Crippen molar-refractivity contribution in [3.63, 3.8) is 0 Å². The number of fused-ring (bicyclic) bond motifs is 1. The number of carboxylic acid groups (broad SMARTS) is 1. The summed E-state index contributed by atoms with van der Waals surface area (Å²) in [5, 5.41) is 8.94. The zero-order chi connectivity index (χ0) is 13.7. The summed E-state index contributed by atoms with van der Waals surface area (Å²) < 4.78 is 11.2. The molecule has 1 aromatic carbocycles. The van der Waals surface area contributed by atoms with Crippen molar-refractivity contribution in [1.82, 2.24) is 0 Å². The van der Waals surface area contributed by atoms with Gasteiger partial charge in [-0.2, -0.15) is 0 Å². The van der Waals surface area contributed by atoms with Crippen LogP contribution in [0.4, 0.5) is 0 Å². The summed E-state index contributed by atoms with van der Waals surface area (Å²) in [6.45, 7) is 3.40. The second kappa shape index (κ2) is 6.70. The van der Waals surface area contributed by atoms with Crippen LogP contribution < -0.4 is 9.47 Å². The van der Waals surface area contributed by atoms with E-state index in [4.69, 9.17) is 14.6 Å². The Bertz CT molecular complexity index is 447. The predicted molar refractivity (Wildman–Crippen MR) is 74.2 cm³/mol. The third kappa shape index (κ3) is 4.35. The lowest BCUT2D eigenvalue weighted by atomic mass is 10.2. The highest BCUT2D eigenvalue weighted by atomic mass is 32.2. The zero-order valence-corrected chi connectivity index (χ0v) is 11.7. The van der Waals surface area contributed by atoms with E-state index in [0.29, 0.717) is 19.6 Å². The number of rotatable bonds is 5. The van der Waals surface area contributed by atoms with E-state index in [0.717, 1.165) is 22.8 Å². The monoisotopic (exact) mass is 282 g/mol. The molecule has 1 aromatic rings. The molecule has 19 heavy (non-hydrogen) atoms. The van der Waals surface area contributed by atoms with Crippen molar-refractivity contribution in [1.29, 1.82) is 0 Å². The van der Waals surface area contributed by atoms with Crippen molar-refractivity contribution in [2.75, 3.05) is 13.2 Å². The van der Waals surface area contributed by atoms with Crippen molar-refractivity contribution < 1.29 is 19.4 Å². The fourth-order valence-electron chi connectivity index (χ4n) is 1.83. The lowest BCUT2D eigenvalue weighted by Crippen LogP contribution is -2.02. The molecule has 1 aliphatic rings. The first kappa shape index (κ1) is 14.1. The normalized spacial score (nSPS) is 15.6. The van der Waals surface area contributed by atoms with Crippen molar-refractivity contribution in [2.24, 2.45) is 0 Å². The van der Waals surface area contributed by atoms with Crippen LogP contribution in [0.15, 0.2) is 23.1 Å². The number of hydrogen-bond acceptors (Lipinski definition) is 4. The Balaban J connectivity index is 1.97. The van der Waals surface area contributed by atoms with Gasteiger partial charge in [0.1, 0.15) is 0 Å². The van der Waals surface area contributed by atoms with E-state index in [1.54, 1.807) is 11.8 Å². The van der Waals surface area contributed by atoms with Gasteiger partial charge >= 0.3 is 5.97 Å². The summed E-state index contributed by atoms with van der Waals surface area (Å²) in [7, 11) is 0. The number of thioether (sulfide) groups is 1. The topological polar surface area (TPSA) is 55.8 Å². The fraction of sp³-hybridized carbons (Fsp3) is 0.500. The Hall–Kier alpha value is -1.36. The van der Waals surface area contributed by atoms with E-state index in [9.17, 15) is 4.79 Å². The maximum atomic E-state index is 10.5. The lowest BCUT2D eigenvalue weighted by Gasteiger charge is -2.12. The molecule has 0 spiro atoms. The first-order valence-electron chi connectivity index (χ1n) is 6.43. The Morgan fingerprint density at radius 3 is 2.84 bits per heavy atom. The Kier molecular flexibility index (Phi) is 4.96. The molecule has 5 heteroatoms. The predicted octanol–water partition coefficient (Wildman–Crippen LogP) is 3.19. The number of ether oxygens (including phenoxy) is 2. The molecule has 2 rings (SSSR count). The molecule has 0 fully saturated rings. The first-order valence-corrected chi connectivity index (χ1v) is 7.31. The molecule has 1 N–H and O–H groups in total. The van der Waals surface area contributed by atoms with Gasteiger partial charge in [0, 0.05) is 23.0 Å². The molecule has 0 bridgehead atoms. The van der Waals surface area contributed by atoms with Crippen molar-refractivity contribution >= 4 is 17.7 Å². The second-order valence-electron chi connectivity index (χ2n) is 4.52. The van der Waals surface area contributed by atoms with Crippen molar-refractivity contribution in [3.05, 3.63) is 18.2 Å². The molecular formula is C14H18O4S. The molecule has 1 heterocycles. The quantitative estimate of drug-likeness (QED) is 0.840. The fourth-order valence-corrected chi connectivity index (χ4v) is 2.86. The van der Waals surface area contributed by atoms with Crippen LogP contribution in [0.5, 0.6) is 11.5 Å². The molecule has 1 aliphatic heterocycles. The van der Waals surface area contributed by atoms with Gasteiger partial charge in [0.25, 0.3) is 0 Å². The number of hydrogen-bond donors (Lipinski definition) is 1. The lowest BCUT2D eigenvalue weighted by molar-refractivity contribution is -0.137. The molecular weight excluding hydrogens is 264 g/mol. The molecule has 4 nitrogen and oxygen atoms in total. The maximum Gasteiger partial charge on any atom is 0.303 e. The van der Waals surface area contributed by atoms with Crippen LogP contribution in [-0.2, 0) is 4.79 Å². The smallest absolute Gasteiger partial charge is 0.303 e. The molecule has 0 radical (unpaired) electrons. The van der Waals surface area contributed by atoms with Gasteiger partial charge in [0.2, 0.25) is 0 Å². The summed E-state index contributed by atoms with van der Waals surface area (Å²) in [6.07, 6.45) is 1.76. The summed E-state index contributed by atoms with van der Waals surface area (Å²) in [6, 6.07) is 5.89. The minimum absolute atomic E-state index is 0.207. The van der Waals surface area contributed by atoms with Crippen molar-refractivity contribution in [3.8, 4) is 11.5 Å². The van der Waals surface area contributed by atoms with Gasteiger partial charge in [-0.25, -0.2) is 0 Å². The molecule has 1 atom stereocenters. The van der Waals surface area contributed by atoms with Crippen LogP contribution in [0.2, 0.25) is 0 Å². The Morgan fingerprint density at radius 2 is 2.11 bits per heavy atom. The number of benzene rings is 1. The number of carboxylic acids is 1. The van der Waals surface area contributed by atoms with E-state index in [2.05, 4.69) is 0 Å². The van der Waals surface area contributed by atoms with Gasteiger partial charge < -0.3 is 14.6 Å². The van der Waals surface area contributed by atoms with Gasteiger partial charge in [0.05, 0.1) is 13.2 Å². The van der Waals surface area contributed by atoms with Gasteiger partial charge in [-0.3, -0.25) is 4.79 Å². The van der Waals surface area contributed by atoms with Crippen LogP contribution in [0.3, 0.4) is 0 Å². The van der Waals surface area contributed by atoms with Crippen LogP contribution in [0, 0.1) is 0 Å². The molecule has 0 saturated heterocycles. The zero-order valence-electron chi connectivity index (χ0n) is 10.9. The standard InChI is InChI=1S/C14H18O4S/c1-10(3-6-14(15)16)19-11-4-5-12-13(9-11)18-8-2-7-17-12/h4-5,9-10H,2-3,6-8H2,1H3,(H,15,16). The van der Waals surface area contributed by atoms with Gasteiger partial charge in [-0.1, -0.05) is 6.92 Å². The summed E-state index contributed by atoms with van der Waals surface area (Å²) in [4.78, 5) is 11.6. The average molecular weight is 282 g/mol. The average Bonchev–Trinajstić information content (AvgIpc) is 2.61. The largest absolute Gasteiger partial charge is 0.490 e. The highest BCUT2D eigenvalue weighted by Gasteiger charge is 2.13. The molecule has 0 aromatic heterocycles. The molecule has 1 unspecified atom stereocenters. The van der Waals surface area contributed by atoms with Crippen LogP contribution in [0.25, 0.3) is 0 Å². The van der Waals surface area contributed by atoms with Crippen LogP contribution >= 0.6 is 11.8 Å². The van der Waals surface area contributed by atoms with E-state index in [1.807, 2.05) is 25.1 Å². The molecule has 0 aliphatic carbocycles. The third-order valence-corrected chi connectivity index (χ3v) is 3.99. The minimum Gasteiger partial charge on any atom is -0.490 e. The first-order chi connectivity index (χ1) is 9.15. The van der Waals surface area contributed by atoms with Gasteiger partial charge in [0.15, 0.2) is 11.5 Å². The summed E-state index contributed by atoms with van der Waals surface area (Å²) in [5.41, 5.74) is 0. The molecule has 0 amide bonds. The minimum atomic E-state index is -0.744.